The molecule has 35 heavy (non-hydrogen) atoms. The molecule has 0 aliphatic heterocycles. The second-order valence-electron chi connectivity index (χ2n) is 13.3. The van der Waals surface area contributed by atoms with Gasteiger partial charge in [-0.25, -0.2) is 0 Å². The molecule has 3 rings (SSSR count). The molecule has 0 saturated heterocycles. The van der Waals surface area contributed by atoms with E-state index in [0.29, 0.717) is 23.5 Å². The Labute approximate surface area is 215 Å². The molecule has 0 heterocycles. The first kappa shape index (κ1) is 28.3. The molecule has 0 radical (unpaired) electrons. The van der Waals surface area contributed by atoms with Crippen LogP contribution in [0.5, 0.6) is 0 Å². The van der Waals surface area contributed by atoms with Crippen LogP contribution in [0.2, 0.25) is 0 Å². The van der Waals surface area contributed by atoms with Gasteiger partial charge in [-0.05, 0) is 81.0 Å². The molecule has 3 aliphatic rings. The number of esters is 1. The Hall–Kier alpha value is -1.32. The molecule has 200 valence electrons. The van der Waals surface area contributed by atoms with E-state index < -0.39 is 0 Å². The predicted molar refractivity (Wildman–Crippen MR) is 144 cm³/mol. The van der Waals surface area contributed by atoms with E-state index in [1.807, 2.05) is 4.90 Å². The van der Waals surface area contributed by atoms with Gasteiger partial charge in [0.05, 0.1) is 6.42 Å². The van der Waals surface area contributed by atoms with Gasteiger partial charge in [0, 0.05) is 23.6 Å². The molecule has 4 nitrogen and oxygen atoms in total. The molecule has 0 aromatic carbocycles. The quantitative estimate of drug-likeness (QED) is 0.209. The van der Waals surface area contributed by atoms with Crippen molar-refractivity contribution in [1.82, 2.24) is 4.90 Å². The summed E-state index contributed by atoms with van der Waals surface area (Å²) in [5.41, 5.74) is 1.20. The van der Waals surface area contributed by atoms with Crippen molar-refractivity contribution in [1.29, 1.82) is 0 Å². The molecule has 0 N–H and O–H groups in total. The first-order chi connectivity index (χ1) is 16.3. The Morgan fingerprint density at radius 3 is 2.20 bits per heavy atom. The highest BCUT2D eigenvalue weighted by molar-refractivity contribution is 5.93. The van der Waals surface area contributed by atoms with E-state index in [-0.39, 0.29) is 40.8 Å². The summed E-state index contributed by atoms with van der Waals surface area (Å²) in [5.74, 6) is 1.03. The topological polar surface area (TPSA) is 46.6 Å². The molecule has 4 bridgehead atoms. The van der Waals surface area contributed by atoms with E-state index in [1.165, 1.54) is 32.1 Å². The number of carbonyl (C=O) groups excluding carboxylic acids is 2. The Kier molecular flexibility index (Phi) is 8.24. The smallest absolute Gasteiger partial charge is 0.307 e. The lowest BCUT2D eigenvalue weighted by Gasteiger charge is -2.56. The number of carbonyl (C=O) groups is 2. The third-order valence-electron chi connectivity index (χ3n) is 10.8. The Morgan fingerprint density at radius 2 is 1.66 bits per heavy atom. The second-order valence-corrected chi connectivity index (χ2v) is 13.3. The summed E-state index contributed by atoms with van der Waals surface area (Å²) in [6, 6.07) is 0. The van der Waals surface area contributed by atoms with Crippen molar-refractivity contribution < 1.29 is 14.3 Å². The molecule has 6 atom stereocenters. The molecular weight excluding hydrogens is 434 g/mol. The van der Waals surface area contributed by atoms with Crippen LogP contribution in [-0.2, 0) is 14.3 Å². The molecule has 3 saturated carbocycles. The van der Waals surface area contributed by atoms with Crippen LogP contribution in [0.25, 0.3) is 0 Å². The van der Waals surface area contributed by atoms with Crippen LogP contribution in [0.4, 0.5) is 0 Å². The zero-order valence-corrected chi connectivity index (χ0v) is 24.1. The highest BCUT2D eigenvalue weighted by atomic mass is 16.5. The fourth-order valence-electron chi connectivity index (χ4n) is 9.40. The van der Waals surface area contributed by atoms with Crippen molar-refractivity contribution in [3.05, 3.63) is 12.2 Å². The van der Waals surface area contributed by atoms with Gasteiger partial charge in [0.15, 0.2) is 0 Å². The highest BCUT2D eigenvalue weighted by Crippen LogP contribution is 2.80. The van der Waals surface area contributed by atoms with Crippen molar-refractivity contribution in [2.75, 3.05) is 6.54 Å². The number of nitrogens with zero attached hydrogens (tertiary/aromatic N) is 1. The molecule has 3 aliphatic carbocycles. The standard InChI is InChI=1S/C31H53NO3/c1-10-14-28(7,15-11-2)32(27(34)22(4)5)17-13-26(33)35-25-21-30(9)29(8)18-23(6)19-31(30,16-12-3)20-24(25)29/h23-25H,4,10-21H2,1-3,5-9H3. The number of amides is 1. The van der Waals surface area contributed by atoms with Crippen LogP contribution in [0.15, 0.2) is 12.2 Å². The third-order valence-corrected chi connectivity index (χ3v) is 10.8. The number of ether oxygens (including phenoxy) is 1. The van der Waals surface area contributed by atoms with Crippen LogP contribution >= 0.6 is 0 Å². The Morgan fingerprint density at radius 1 is 1.03 bits per heavy atom. The fraction of sp³-hybridized carbons (Fsp3) is 0.871. The summed E-state index contributed by atoms with van der Waals surface area (Å²) >= 11 is 0. The molecule has 0 aromatic heterocycles. The van der Waals surface area contributed by atoms with Gasteiger partial charge in [-0.15, -0.1) is 0 Å². The molecule has 3 fully saturated rings. The van der Waals surface area contributed by atoms with Crippen molar-refractivity contribution in [3.8, 4) is 0 Å². The van der Waals surface area contributed by atoms with Gasteiger partial charge in [-0.2, -0.15) is 0 Å². The maximum Gasteiger partial charge on any atom is 0.307 e. The first-order valence-corrected chi connectivity index (χ1v) is 14.5. The lowest BCUT2D eigenvalue weighted by Crippen LogP contribution is -2.51. The summed E-state index contributed by atoms with van der Waals surface area (Å²) in [5, 5.41) is 0. The van der Waals surface area contributed by atoms with Crippen LogP contribution < -0.4 is 0 Å². The maximum atomic E-state index is 13.2. The molecule has 4 heteroatoms. The highest BCUT2D eigenvalue weighted by Gasteiger charge is 2.75. The van der Waals surface area contributed by atoms with Crippen LogP contribution in [0.3, 0.4) is 0 Å². The van der Waals surface area contributed by atoms with E-state index in [9.17, 15) is 9.59 Å². The molecule has 0 aromatic rings. The minimum atomic E-state index is -0.257. The van der Waals surface area contributed by atoms with E-state index in [4.69, 9.17) is 4.74 Å². The average molecular weight is 488 g/mol. The molecular formula is C31H53NO3. The monoisotopic (exact) mass is 487 g/mol. The predicted octanol–water partition coefficient (Wildman–Crippen LogP) is 7.70. The SMILES string of the molecule is C=C(C)C(=O)N(CCC(=O)OC1CC2(C)C3(CCC)CC(C)CC2(C)C1C3)C(C)(CCC)CCC. The van der Waals surface area contributed by atoms with Gasteiger partial charge in [-0.3, -0.25) is 9.59 Å². The van der Waals surface area contributed by atoms with Gasteiger partial charge in [0.2, 0.25) is 5.91 Å². The van der Waals surface area contributed by atoms with E-state index >= 15 is 0 Å². The van der Waals surface area contributed by atoms with Crippen molar-refractivity contribution in [3.63, 3.8) is 0 Å². The summed E-state index contributed by atoms with van der Waals surface area (Å²) < 4.78 is 6.27. The van der Waals surface area contributed by atoms with Gasteiger partial charge in [-0.1, -0.05) is 67.4 Å². The van der Waals surface area contributed by atoms with Crippen LogP contribution in [0, 0.1) is 28.1 Å². The minimum Gasteiger partial charge on any atom is -0.462 e. The first-order valence-electron chi connectivity index (χ1n) is 14.5. The van der Waals surface area contributed by atoms with Crippen molar-refractivity contribution >= 4 is 11.9 Å². The zero-order valence-electron chi connectivity index (χ0n) is 24.1. The third kappa shape index (κ3) is 4.61. The van der Waals surface area contributed by atoms with Gasteiger partial charge in [0.25, 0.3) is 0 Å². The largest absolute Gasteiger partial charge is 0.462 e. The average Bonchev–Trinajstić information content (AvgIpc) is 2.98. The van der Waals surface area contributed by atoms with E-state index in [2.05, 4.69) is 55.0 Å². The van der Waals surface area contributed by atoms with Gasteiger partial charge >= 0.3 is 5.97 Å². The van der Waals surface area contributed by atoms with Gasteiger partial charge in [0.1, 0.15) is 6.10 Å². The lowest BCUT2D eigenvalue weighted by molar-refractivity contribution is -0.155. The van der Waals surface area contributed by atoms with Crippen molar-refractivity contribution in [2.24, 2.45) is 28.1 Å². The molecule has 6 unspecified atom stereocenters. The molecule has 1 amide bonds. The number of hydrogen-bond acceptors (Lipinski definition) is 3. The minimum absolute atomic E-state index is 0.0238. The maximum absolute atomic E-state index is 13.2. The fourth-order valence-corrected chi connectivity index (χ4v) is 9.40. The summed E-state index contributed by atoms with van der Waals surface area (Å²) in [7, 11) is 0. The Balaban J connectivity index is 1.72. The summed E-state index contributed by atoms with van der Waals surface area (Å²) in [4.78, 5) is 28.2. The summed E-state index contributed by atoms with van der Waals surface area (Å²) in [6.45, 7) is 22.3. The second kappa shape index (κ2) is 10.2. The summed E-state index contributed by atoms with van der Waals surface area (Å²) in [6.07, 6.45) is 11.5. The normalized spacial score (nSPS) is 35.7. The van der Waals surface area contributed by atoms with Gasteiger partial charge < -0.3 is 9.64 Å². The number of hydrogen-bond donors (Lipinski definition) is 0. The Bertz CT molecular complexity index is 814. The van der Waals surface area contributed by atoms with Crippen molar-refractivity contribution in [2.45, 2.75) is 138 Å². The number of rotatable bonds is 12. The zero-order chi connectivity index (χ0) is 26.2. The lowest BCUT2D eigenvalue weighted by atomic mass is 9.49. The molecule has 0 spiro atoms. The van der Waals surface area contributed by atoms with E-state index in [1.54, 1.807) is 6.92 Å². The van der Waals surface area contributed by atoms with Crippen LogP contribution in [-0.4, -0.2) is 35.0 Å². The van der Waals surface area contributed by atoms with E-state index in [0.717, 1.165) is 38.0 Å². The van der Waals surface area contributed by atoms with Crippen LogP contribution in [0.1, 0.15) is 126 Å².